The van der Waals surface area contributed by atoms with Gasteiger partial charge >= 0.3 is 0 Å². The quantitative estimate of drug-likeness (QED) is 0.796. The molecule has 19 heavy (non-hydrogen) atoms. The molecule has 6 nitrogen and oxygen atoms in total. The maximum absolute atomic E-state index is 13.2. The van der Waals surface area contributed by atoms with E-state index in [1.54, 1.807) is 13.8 Å². The highest BCUT2D eigenvalue weighted by Gasteiger charge is 2.20. The molecule has 0 aliphatic heterocycles. The van der Waals surface area contributed by atoms with Gasteiger partial charge in [-0.05, 0) is 31.5 Å². The van der Waals surface area contributed by atoms with Gasteiger partial charge in [-0.1, -0.05) is 6.07 Å². The zero-order valence-corrected chi connectivity index (χ0v) is 11.2. The number of aromatic amines is 1. The summed E-state index contributed by atoms with van der Waals surface area (Å²) in [5.74, 6) is -0.627. The molecular weight excluding hydrogens is 271 g/mol. The van der Waals surface area contributed by atoms with E-state index in [0.29, 0.717) is 11.3 Å². The molecule has 0 unspecified atom stereocenters. The normalized spacial score (nSPS) is 11.5. The Bertz CT molecular complexity index is 724. The van der Waals surface area contributed by atoms with Crippen molar-refractivity contribution in [2.45, 2.75) is 18.7 Å². The maximum Gasteiger partial charge on any atom is 0.263 e. The molecule has 0 aliphatic rings. The first kappa shape index (κ1) is 13.3. The van der Waals surface area contributed by atoms with Gasteiger partial charge in [0.15, 0.2) is 5.82 Å². The minimum atomic E-state index is -3.93. The van der Waals surface area contributed by atoms with E-state index in [9.17, 15) is 12.8 Å². The fourth-order valence-corrected chi connectivity index (χ4v) is 2.84. The first-order valence-corrected chi connectivity index (χ1v) is 6.89. The number of aryl methyl sites for hydroxylation is 2. The highest BCUT2D eigenvalue weighted by molar-refractivity contribution is 7.92. The lowest BCUT2D eigenvalue weighted by molar-refractivity contribution is 0.594. The fraction of sp³-hybridized carbons (Fsp3) is 0.182. The van der Waals surface area contributed by atoms with Crippen molar-refractivity contribution in [1.82, 2.24) is 10.2 Å². The summed E-state index contributed by atoms with van der Waals surface area (Å²) in [4.78, 5) is -0.146. The summed E-state index contributed by atoms with van der Waals surface area (Å²) in [5.41, 5.74) is 6.85. The largest absolute Gasteiger partial charge is 0.394 e. The molecule has 0 fully saturated rings. The first-order chi connectivity index (χ1) is 8.81. The van der Waals surface area contributed by atoms with E-state index in [4.69, 9.17) is 5.73 Å². The fourth-order valence-electron chi connectivity index (χ4n) is 1.56. The molecule has 2 aromatic rings. The van der Waals surface area contributed by atoms with E-state index in [-0.39, 0.29) is 16.4 Å². The smallest absolute Gasteiger partial charge is 0.263 e. The van der Waals surface area contributed by atoms with Crippen molar-refractivity contribution in [3.63, 3.8) is 0 Å². The van der Waals surface area contributed by atoms with E-state index < -0.39 is 15.8 Å². The van der Waals surface area contributed by atoms with Crippen LogP contribution in [-0.2, 0) is 10.0 Å². The number of rotatable bonds is 3. The SMILES string of the molecule is Cc1ccc(F)cc1S(=O)(=O)Nc1n[nH]c(C)c1N. The van der Waals surface area contributed by atoms with Crippen molar-refractivity contribution in [2.24, 2.45) is 0 Å². The molecule has 0 bridgehead atoms. The second-order valence-corrected chi connectivity index (χ2v) is 5.78. The molecule has 1 aromatic heterocycles. The summed E-state index contributed by atoms with van der Waals surface area (Å²) in [5, 5.41) is 6.31. The van der Waals surface area contributed by atoms with Gasteiger partial charge < -0.3 is 5.73 Å². The van der Waals surface area contributed by atoms with Crippen molar-refractivity contribution in [3.8, 4) is 0 Å². The summed E-state index contributed by atoms with van der Waals surface area (Å²) in [7, 11) is -3.93. The Kier molecular flexibility index (Phi) is 3.19. The Labute approximate surface area is 109 Å². The Balaban J connectivity index is 2.43. The number of nitrogen functional groups attached to an aromatic ring is 1. The van der Waals surface area contributed by atoms with Crippen LogP contribution in [0.4, 0.5) is 15.9 Å². The van der Waals surface area contributed by atoms with Crippen LogP contribution in [0.2, 0.25) is 0 Å². The molecule has 1 aromatic carbocycles. The maximum atomic E-state index is 13.2. The molecule has 0 spiro atoms. The van der Waals surface area contributed by atoms with Gasteiger partial charge in [0.05, 0.1) is 16.3 Å². The van der Waals surface area contributed by atoms with Gasteiger partial charge in [0, 0.05) is 0 Å². The second-order valence-electron chi connectivity index (χ2n) is 4.13. The first-order valence-electron chi connectivity index (χ1n) is 5.40. The van der Waals surface area contributed by atoms with Crippen LogP contribution in [0.1, 0.15) is 11.3 Å². The van der Waals surface area contributed by atoms with Gasteiger partial charge in [0.2, 0.25) is 0 Å². The average Bonchev–Trinajstić information content (AvgIpc) is 2.63. The van der Waals surface area contributed by atoms with Crippen molar-refractivity contribution in [1.29, 1.82) is 0 Å². The summed E-state index contributed by atoms with van der Waals surface area (Å²) in [6.45, 7) is 3.24. The number of nitrogens with zero attached hydrogens (tertiary/aromatic N) is 1. The number of hydrogen-bond donors (Lipinski definition) is 3. The van der Waals surface area contributed by atoms with Crippen molar-refractivity contribution < 1.29 is 12.8 Å². The molecular formula is C11H13FN4O2S. The van der Waals surface area contributed by atoms with E-state index in [0.717, 1.165) is 6.07 Å². The Morgan fingerprint density at radius 1 is 1.37 bits per heavy atom. The highest BCUT2D eigenvalue weighted by Crippen LogP contribution is 2.23. The Morgan fingerprint density at radius 2 is 2.05 bits per heavy atom. The lowest BCUT2D eigenvalue weighted by atomic mass is 10.2. The Hall–Kier alpha value is -2.09. The number of sulfonamides is 1. The molecule has 0 aliphatic carbocycles. The molecule has 1 heterocycles. The zero-order valence-electron chi connectivity index (χ0n) is 10.4. The minimum Gasteiger partial charge on any atom is -0.394 e. The third-order valence-electron chi connectivity index (χ3n) is 2.67. The van der Waals surface area contributed by atoms with E-state index in [2.05, 4.69) is 14.9 Å². The topological polar surface area (TPSA) is 101 Å². The number of anilines is 2. The minimum absolute atomic E-state index is 0.00108. The molecule has 2 rings (SSSR count). The number of H-pyrrole nitrogens is 1. The van der Waals surface area contributed by atoms with Gasteiger partial charge in [-0.15, -0.1) is 0 Å². The van der Waals surface area contributed by atoms with Crippen LogP contribution in [0, 0.1) is 19.7 Å². The number of nitrogens with two attached hydrogens (primary N) is 1. The van der Waals surface area contributed by atoms with E-state index in [1.165, 1.54) is 12.1 Å². The third-order valence-corrected chi connectivity index (χ3v) is 4.15. The van der Waals surface area contributed by atoms with Crippen LogP contribution in [0.25, 0.3) is 0 Å². The molecule has 0 amide bonds. The molecule has 8 heteroatoms. The Morgan fingerprint density at radius 3 is 2.63 bits per heavy atom. The summed E-state index contributed by atoms with van der Waals surface area (Å²) in [6.07, 6.45) is 0. The van der Waals surface area contributed by atoms with Crippen molar-refractivity contribution >= 4 is 21.5 Å². The van der Waals surface area contributed by atoms with Gasteiger partial charge in [-0.25, -0.2) is 12.8 Å². The molecule has 0 atom stereocenters. The van der Waals surface area contributed by atoms with Crippen molar-refractivity contribution in [2.75, 3.05) is 10.5 Å². The standard InChI is InChI=1S/C11H13FN4O2S/c1-6-3-4-8(12)5-9(6)19(17,18)16-11-10(13)7(2)14-15-11/h3-5H,13H2,1-2H3,(H2,14,15,16). The van der Waals surface area contributed by atoms with Crippen LogP contribution >= 0.6 is 0 Å². The summed E-state index contributed by atoms with van der Waals surface area (Å²) < 4.78 is 39.7. The van der Waals surface area contributed by atoms with Crippen LogP contribution in [0.5, 0.6) is 0 Å². The molecule has 4 N–H and O–H groups in total. The number of benzene rings is 1. The lowest BCUT2D eigenvalue weighted by Gasteiger charge is -2.09. The van der Waals surface area contributed by atoms with Gasteiger partial charge in [0.25, 0.3) is 10.0 Å². The van der Waals surface area contributed by atoms with Gasteiger partial charge in [-0.2, -0.15) is 5.10 Å². The number of hydrogen-bond acceptors (Lipinski definition) is 4. The van der Waals surface area contributed by atoms with Crippen LogP contribution in [-0.4, -0.2) is 18.6 Å². The molecule has 0 saturated carbocycles. The lowest BCUT2D eigenvalue weighted by Crippen LogP contribution is -2.15. The number of aromatic nitrogens is 2. The molecule has 0 saturated heterocycles. The van der Waals surface area contributed by atoms with Crippen LogP contribution in [0.3, 0.4) is 0 Å². The summed E-state index contributed by atoms with van der Waals surface area (Å²) in [6, 6.07) is 3.54. The van der Waals surface area contributed by atoms with Gasteiger partial charge in [-0.3, -0.25) is 9.82 Å². The predicted molar refractivity (Wildman–Crippen MR) is 69.7 cm³/mol. The predicted octanol–water partition coefficient (Wildman–Crippen LogP) is 1.55. The molecule has 0 radical (unpaired) electrons. The van der Waals surface area contributed by atoms with Crippen molar-refractivity contribution in [3.05, 3.63) is 35.3 Å². The summed E-state index contributed by atoms with van der Waals surface area (Å²) >= 11 is 0. The van der Waals surface area contributed by atoms with Crippen LogP contribution in [0.15, 0.2) is 23.1 Å². The zero-order chi connectivity index (χ0) is 14.2. The monoisotopic (exact) mass is 284 g/mol. The highest BCUT2D eigenvalue weighted by atomic mass is 32.2. The molecule has 102 valence electrons. The third kappa shape index (κ3) is 2.53. The van der Waals surface area contributed by atoms with Gasteiger partial charge in [0.1, 0.15) is 5.82 Å². The average molecular weight is 284 g/mol. The van der Waals surface area contributed by atoms with Crippen LogP contribution < -0.4 is 10.5 Å². The van der Waals surface area contributed by atoms with E-state index >= 15 is 0 Å². The number of nitrogens with one attached hydrogen (secondary N) is 2. The number of halogens is 1. The van der Waals surface area contributed by atoms with E-state index in [1.807, 2.05) is 0 Å². The second kappa shape index (κ2) is 4.54.